The van der Waals surface area contributed by atoms with Gasteiger partial charge in [0.05, 0.1) is 5.92 Å². The Morgan fingerprint density at radius 2 is 2.12 bits per heavy atom. The van der Waals surface area contributed by atoms with Crippen molar-refractivity contribution < 1.29 is 4.79 Å². The molecule has 1 aliphatic rings. The van der Waals surface area contributed by atoms with Crippen molar-refractivity contribution >= 4 is 27.5 Å². The summed E-state index contributed by atoms with van der Waals surface area (Å²) < 4.78 is 1.02. The molecule has 0 radical (unpaired) electrons. The maximum absolute atomic E-state index is 12.0. The predicted molar refractivity (Wildman–Crippen MR) is 73.0 cm³/mol. The standard InChI is InChI=1S/C13H17BrN2O/c1-16-8-2-3-10(9-16)13(17)15-12-6-4-11(14)5-7-12/h4-7,10H,2-3,8-9H2,1H3,(H,15,17)/t10-/m1/s1. The minimum absolute atomic E-state index is 0.123. The number of piperidine rings is 1. The monoisotopic (exact) mass is 296 g/mol. The summed E-state index contributed by atoms with van der Waals surface area (Å²) in [5.41, 5.74) is 0.867. The van der Waals surface area contributed by atoms with Crippen LogP contribution in [-0.2, 0) is 4.79 Å². The average molecular weight is 297 g/mol. The Hall–Kier alpha value is -0.870. The van der Waals surface area contributed by atoms with Crippen LogP contribution in [0.2, 0.25) is 0 Å². The van der Waals surface area contributed by atoms with E-state index in [0.717, 1.165) is 36.1 Å². The Kier molecular flexibility index (Phi) is 4.18. The number of rotatable bonds is 2. The minimum Gasteiger partial charge on any atom is -0.326 e. The fourth-order valence-corrected chi connectivity index (χ4v) is 2.42. The largest absolute Gasteiger partial charge is 0.326 e. The van der Waals surface area contributed by atoms with Crippen molar-refractivity contribution in [3.63, 3.8) is 0 Å². The number of anilines is 1. The molecule has 92 valence electrons. The Morgan fingerprint density at radius 1 is 1.41 bits per heavy atom. The van der Waals surface area contributed by atoms with Gasteiger partial charge in [0.2, 0.25) is 5.91 Å². The quantitative estimate of drug-likeness (QED) is 0.910. The van der Waals surface area contributed by atoms with Crippen LogP contribution < -0.4 is 5.32 Å². The first-order chi connectivity index (χ1) is 8.15. The Labute approximate surface area is 110 Å². The highest BCUT2D eigenvalue weighted by Gasteiger charge is 2.23. The summed E-state index contributed by atoms with van der Waals surface area (Å²) >= 11 is 3.38. The third kappa shape index (κ3) is 3.54. The molecule has 1 fully saturated rings. The SMILES string of the molecule is CN1CCC[C@@H](C(=O)Nc2ccc(Br)cc2)C1. The summed E-state index contributed by atoms with van der Waals surface area (Å²) in [5, 5.41) is 2.97. The van der Waals surface area contributed by atoms with Gasteiger partial charge in [-0.25, -0.2) is 0 Å². The lowest BCUT2D eigenvalue weighted by Gasteiger charge is -2.28. The van der Waals surface area contributed by atoms with Crippen molar-refractivity contribution in [2.75, 3.05) is 25.5 Å². The Morgan fingerprint density at radius 3 is 2.76 bits per heavy atom. The molecule has 0 unspecified atom stereocenters. The van der Waals surface area contributed by atoms with E-state index >= 15 is 0 Å². The molecule has 2 rings (SSSR count). The Balaban J connectivity index is 1.94. The number of amides is 1. The van der Waals surface area contributed by atoms with Gasteiger partial charge in [0.1, 0.15) is 0 Å². The van der Waals surface area contributed by atoms with E-state index in [-0.39, 0.29) is 11.8 Å². The van der Waals surface area contributed by atoms with E-state index in [1.54, 1.807) is 0 Å². The van der Waals surface area contributed by atoms with Crippen LogP contribution in [0, 0.1) is 5.92 Å². The molecule has 3 nitrogen and oxygen atoms in total. The van der Waals surface area contributed by atoms with Crippen LogP contribution in [0.25, 0.3) is 0 Å². The van der Waals surface area contributed by atoms with Crippen molar-refractivity contribution in [2.45, 2.75) is 12.8 Å². The second-order valence-corrected chi connectivity index (χ2v) is 5.51. The second kappa shape index (κ2) is 5.65. The van der Waals surface area contributed by atoms with E-state index in [1.165, 1.54) is 0 Å². The van der Waals surface area contributed by atoms with Gasteiger partial charge < -0.3 is 10.2 Å². The molecular formula is C13H17BrN2O. The van der Waals surface area contributed by atoms with E-state index in [9.17, 15) is 4.79 Å². The van der Waals surface area contributed by atoms with Crippen LogP contribution in [0.4, 0.5) is 5.69 Å². The lowest BCUT2D eigenvalue weighted by molar-refractivity contribution is -0.121. The number of nitrogens with zero attached hydrogens (tertiary/aromatic N) is 1. The number of nitrogens with one attached hydrogen (secondary N) is 1. The Bertz CT molecular complexity index is 391. The highest BCUT2D eigenvalue weighted by atomic mass is 79.9. The van der Waals surface area contributed by atoms with Gasteiger partial charge in [0.15, 0.2) is 0 Å². The van der Waals surface area contributed by atoms with Gasteiger partial charge >= 0.3 is 0 Å². The molecule has 0 bridgehead atoms. The second-order valence-electron chi connectivity index (χ2n) is 4.60. The van der Waals surface area contributed by atoms with Gasteiger partial charge in [-0.3, -0.25) is 4.79 Å². The zero-order valence-corrected chi connectivity index (χ0v) is 11.5. The summed E-state index contributed by atoms with van der Waals surface area (Å²) in [5.74, 6) is 0.260. The van der Waals surface area contributed by atoms with Crippen molar-refractivity contribution in [3.8, 4) is 0 Å². The molecule has 1 aliphatic heterocycles. The summed E-state index contributed by atoms with van der Waals surface area (Å²) in [4.78, 5) is 14.3. The summed E-state index contributed by atoms with van der Waals surface area (Å²) in [6.07, 6.45) is 2.10. The van der Waals surface area contributed by atoms with Crippen molar-refractivity contribution in [3.05, 3.63) is 28.7 Å². The molecule has 1 N–H and O–H groups in total. The minimum atomic E-state index is 0.123. The van der Waals surface area contributed by atoms with Crippen molar-refractivity contribution in [2.24, 2.45) is 5.92 Å². The van der Waals surface area contributed by atoms with Gasteiger partial charge in [-0.15, -0.1) is 0 Å². The highest BCUT2D eigenvalue weighted by molar-refractivity contribution is 9.10. The third-order valence-corrected chi connectivity index (χ3v) is 3.64. The maximum Gasteiger partial charge on any atom is 0.228 e. The first kappa shape index (κ1) is 12.6. The number of benzene rings is 1. The molecule has 17 heavy (non-hydrogen) atoms. The third-order valence-electron chi connectivity index (χ3n) is 3.11. The molecule has 1 saturated heterocycles. The van der Waals surface area contributed by atoms with Crippen LogP contribution in [0.3, 0.4) is 0 Å². The number of carbonyl (C=O) groups is 1. The molecule has 4 heteroatoms. The van der Waals surface area contributed by atoms with E-state index in [1.807, 2.05) is 24.3 Å². The van der Waals surface area contributed by atoms with Gasteiger partial charge in [-0.2, -0.15) is 0 Å². The number of hydrogen-bond acceptors (Lipinski definition) is 2. The van der Waals surface area contributed by atoms with Crippen LogP contribution in [0.15, 0.2) is 28.7 Å². The summed E-state index contributed by atoms with van der Waals surface area (Å²) in [7, 11) is 2.07. The number of likely N-dealkylation sites (tertiary alicyclic amines) is 1. The zero-order valence-electron chi connectivity index (χ0n) is 9.95. The molecule has 1 aromatic carbocycles. The van der Waals surface area contributed by atoms with Crippen LogP contribution in [0.5, 0.6) is 0 Å². The van der Waals surface area contributed by atoms with Crippen LogP contribution >= 0.6 is 15.9 Å². The van der Waals surface area contributed by atoms with Crippen molar-refractivity contribution in [1.82, 2.24) is 4.90 Å². The van der Waals surface area contributed by atoms with E-state index in [2.05, 4.69) is 33.2 Å². The maximum atomic E-state index is 12.0. The zero-order chi connectivity index (χ0) is 12.3. The van der Waals surface area contributed by atoms with E-state index in [4.69, 9.17) is 0 Å². The van der Waals surface area contributed by atoms with Gasteiger partial charge in [-0.1, -0.05) is 15.9 Å². The predicted octanol–water partition coefficient (Wildman–Crippen LogP) is 2.73. The first-order valence-electron chi connectivity index (χ1n) is 5.90. The molecule has 1 atom stereocenters. The molecule has 1 heterocycles. The average Bonchev–Trinajstić information content (AvgIpc) is 2.32. The molecule has 0 aliphatic carbocycles. The van der Waals surface area contributed by atoms with E-state index in [0.29, 0.717) is 0 Å². The van der Waals surface area contributed by atoms with Crippen LogP contribution in [0.1, 0.15) is 12.8 Å². The molecule has 0 saturated carbocycles. The summed E-state index contributed by atoms with van der Waals surface area (Å²) in [6.45, 7) is 1.96. The van der Waals surface area contributed by atoms with Gasteiger partial charge in [0.25, 0.3) is 0 Å². The topological polar surface area (TPSA) is 32.3 Å². The lowest BCUT2D eigenvalue weighted by atomic mass is 9.97. The summed E-state index contributed by atoms with van der Waals surface area (Å²) in [6, 6.07) is 7.69. The van der Waals surface area contributed by atoms with E-state index < -0.39 is 0 Å². The number of hydrogen-bond donors (Lipinski definition) is 1. The lowest BCUT2D eigenvalue weighted by Crippen LogP contribution is -2.38. The fourth-order valence-electron chi connectivity index (χ4n) is 2.16. The molecule has 0 aromatic heterocycles. The normalized spacial score (nSPS) is 21.2. The van der Waals surface area contributed by atoms with Gasteiger partial charge in [-0.05, 0) is 50.7 Å². The number of carbonyl (C=O) groups excluding carboxylic acids is 1. The molecular weight excluding hydrogens is 280 g/mol. The van der Waals surface area contributed by atoms with Crippen molar-refractivity contribution in [1.29, 1.82) is 0 Å². The fraction of sp³-hybridized carbons (Fsp3) is 0.462. The smallest absolute Gasteiger partial charge is 0.228 e. The highest BCUT2D eigenvalue weighted by Crippen LogP contribution is 2.19. The molecule has 1 aromatic rings. The van der Waals surface area contributed by atoms with Crippen LogP contribution in [-0.4, -0.2) is 30.9 Å². The van der Waals surface area contributed by atoms with Gasteiger partial charge in [0, 0.05) is 16.7 Å². The molecule has 0 spiro atoms. The number of halogens is 1. The molecule has 1 amide bonds. The first-order valence-corrected chi connectivity index (χ1v) is 6.69.